The highest BCUT2D eigenvalue weighted by molar-refractivity contribution is 6.04. The van der Waals surface area contributed by atoms with Gasteiger partial charge in [0.25, 0.3) is 0 Å². The number of hydrogen-bond acceptors (Lipinski definition) is 5. The van der Waals surface area contributed by atoms with Crippen molar-refractivity contribution in [1.82, 2.24) is 0 Å². The first-order valence-electron chi connectivity index (χ1n) is 7.40. The fourth-order valence-electron chi connectivity index (χ4n) is 5.28. The topological polar surface area (TPSA) is 61.8 Å². The molecular formula is C15H20O5. The Kier molecular flexibility index (Phi) is 2.32. The van der Waals surface area contributed by atoms with Crippen LogP contribution in [0.1, 0.15) is 33.1 Å². The van der Waals surface area contributed by atoms with E-state index < -0.39 is 23.3 Å². The number of ether oxygens (including phenoxy) is 3. The van der Waals surface area contributed by atoms with E-state index in [0.717, 1.165) is 19.3 Å². The molecule has 0 amide bonds. The molecule has 5 heteroatoms. The number of carbonyl (C=O) groups excluding carboxylic acids is 2. The van der Waals surface area contributed by atoms with Crippen molar-refractivity contribution in [1.29, 1.82) is 0 Å². The summed E-state index contributed by atoms with van der Waals surface area (Å²) in [5, 5.41) is 0. The van der Waals surface area contributed by atoms with E-state index in [1.807, 2.05) is 13.8 Å². The van der Waals surface area contributed by atoms with Gasteiger partial charge in [0.2, 0.25) is 0 Å². The maximum Gasteiger partial charge on any atom is 0.319 e. The molecule has 4 saturated carbocycles. The maximum atomic E-state index is 12.7. The summed E-state index contributed by atoms with van der Waals surface area (Å²) in [5.41, 5.74) is -0.778. The molecule has 6 unspecified atom stereocenters. The Balaban J connectivity index is 1.88. The molecule has 4 bridgehead atoms. The van der Waals surface area contributed by atoms with Crippen LogP contribution in [0.2, 0.25) is 0 Å². The van der Waals surface area contributed by atoms with Crippen LogP contribution in [-0.2, 0) is 23.8 Å². The van der Waals surface area contributed by atoms with Crippen molar-refractivity contribution in [2.45, 2.75) is 50.6 Å². The lowest BCUT2D eigenvalue weighted by Gasteiger charge is -2.50. The molecule has 1 spiro atoms. The zero-order valence-electron chi connectivity index (χ0n) is 12.0. The fraction of sp³-hybridized carbons (Fsp3) is 0.867. The van der Waals surface area contributed by atoms with Gasteiger partial charge in [0, 0.05) is 11.8 Å². The Morgan fingerprint density at radius 3 is 2.80 bits per heavy atom. The molecule has 4 aliphatic carbocycles. The summed E-state index contributed by atoms with van der Waals surface area (Å²) in [6.07, 6.45) is 2.70. The van der Waals surface area contributed by atoms with Crippen molar-refractivity contribution in [2.24, 2.45) is 23.7 Å². The molecular weight excluding hydrogens is 260 g/mol. The van der Waals surface area contributed by atoms with Crippen molar-refractivity contribution in [3.8, 4) is 0 Å². The highest BCUT2D eigenvalue weighted by Crippen LogP contribution is 2.66. The van der Waals surface area contributed by atoms with Crippen LogP contribution in [0, 0.1) is 23.7 Å². The highest BCUT2D eigenvalue weighted by Gasteiger charge is 2.77. The molecule has 5 nitrogen and oxygen atoms in total. The summed E-state index contributed by atoms with van der Waals surface area (Å²) in [5.74, 6) is -1.61. The van der Waals surface area contributed by atoms with Crippen molar-refractivity contribution < 1.29 is 23.8 Å². The van der Waals surface area contributed by atoms with Gasteiger partial charge in [0.15, 0.2) is 11.6 Å². The van der Waals surface area contributed by atoms with Crippen molar-refractivity contribution in [3.05, 3.63) is 0 Å². The van der Waals surface area contributed by atoms with Crippen molar-refractivity contribution >= 4 is 11.8 Å². The summed E-state index contributed by atoms with van der Waals surface area (Å²) in [7, 11) is 1.34. The van der Waals surface area contributed by atoms with Crippen molar-refractivity contribution in [2.75, 3.05) is 7.11 Å². The zero-order chi connectivity index (χ0) is 14.3. The Labute approximate surface area is 117 Å². The quantitative estimate of drug-likeness (QED) is 0.535. The molecule has 1 saturated heterocycles. The number of fused-ring (bicyclic) bond motifs is 1. The van der Waals surface area contributed by atoms with Gasteiger partial charge in [-0.1, -0.05) is 0 Å². The van der Waals surface area contributed by atoms with Crippen LogP contribution in [-0.4, -0.2) is 36.4 Å². The van der Waals surface area contributed by atoms with Crippen LogP contribution in [0.15, 0.2) is 0 Å². The molecule has 20 heavy (non-hydrogen) atoms. The Bertz CT molecular complexity index is 498. The zero-order valence-corrected chi connectivity index (χ0v) is 12.0. The second-order valence-electron chi connectivity index (χ2n) is 7.04. The predicted molar refractivity (Wildman–Crippen MR) is 67.6 cm³/mol. The third kappa shape index (κ3) is 1.26. The Morgan fingerprint density at radius 2 is 2.10 bits per heavy atom. The molecule has 5 fully saturated rings. The number of Topliss-reactive ketones (excluding diaryl/α,β-unsaturated/α-hetero) is 1. The molecule has 0 N–H and O–H groups in total. The summed E-state index contributed by atoms with van der Waals surface area (Å²) in [6.45, 7) is 3.73. The van der Waals surface area contributed by atoms with Crippen LogP contribution in [0.25, 0.3) is 0 Å². The summed E-state index contributed by atoms with van der Waals surface area (Å²) < 4.78 is 17.2. The predicted octanol–water partition coefficient (Wildman–Crippen LogP) is 1.29. The van der Waals surface area contributed by atoms with Crippen LogP contribution in [0.5, 0.6) is 0 Å². The molecule has 0 aromatic rings. The van der Waals surface area contributed by atoms with Crippen molar-refractivity contribution in [3.63, 3.8) is 0 Å². The van der Waals surface area contributed by atoms with Crippen LogP contribution in [0.4, 0.5) is 0 Å². The molecule has 0 aromatic heterocycles. The lowest BCUT2D eigenvalue weighted by atomic mass is 9.59. The van der Waals surface area contributed by atoms with Gasteiger partial charge >= 0.3 is 5.97 Å². The first-order valence-corrected chi connectivity index (χ1v) is 7.40. The molecule has 5 aliphatic rings. The largest absolute Gasteiger partial charge is 0.468 e. The van der Waals surface area contributed by atoms with Gasteiger partial charge in [-0.05, 0) is 39.0 Å². The first-order chi connectivity index (χ1) is 9.40. The maximum absolute atomic E-state index is 12.7. The monoisotopic (exact) mass is 280 g/mol. The van der Waals surface area contributed by atoms with E-state index in [2.05, 4.69) is 0 Å². The summed E-state index contributed by atoms with van der Waals surface area (Å²) in [4.78, 5) is 24.9. The van der Waals surface area contributed by atoms with Gasteiger partial charge in [-0.15, -0.1) is 0 Å². The van der Waals surface area contributed by atoms with Crippen LogP contribution >= 0.6 is 0 Å². The minimum absolute atomic E-state index is 0.00958. The third-order valence-corrected chi connectivity index (χ3v) is 5.71. The van der Waals surface area contributed by atoms with E-state index in [9.17, 15) is 9.59 Å². The number of rotatable bonds is 1. The molecule has 6 atom stereocenters. The van der Waals surface area contributed by atoms with E-state index in [-0.39, 0.29) is 23.7 Å². The Hall–Kier alpha value is -0.940. The van der Waals surface area contributed by atoms with E-state index in [1.165, 1.54) is 7.11 Å². The minimum atomic E-state index is -0.806. The van der Waals surface area contributed by atoms with Gasteiger partial charge in [-0.3, -0.25) is 9.59 Å². The highest BCUT2D eigenvalue weighted by atomic mass is 16.8. The second-order valence-corrected chi connectivity index (χ2v) is 7.04. The van der Waals surface area contributed by atoms with Gasteiger partial charge < -0.3 is 14.2 Å². The summed E-state index contributed by atoms with van der Waals surface area (Å²) in [6, 6.07) is 0. The first kappa shape index (κ1) is 12.8. The molecule has 0 aromatic carbocycles. The lowest BCUT2D eigenvalue weighted by Crippen LogP contribution is -2.60. The fourth-order valence-corrected chi connectivity index (χ4v) is 5.28. The second kappa shape index (κ2) is 3.63. The Morgan fingerprint density at radius 1 is 1.35 bits per heavy atom. The molecule has 110 valence electrons. The smallest absolute Gasteiger partial charge is 0.319 e. The minimum Gasteiger partial charge on any atom is -0.468 e. The lowest BCUT2D eigenvalue weighted by molar-refractivity contribution is -0.190. The molecule has 5 rings (SSSR count). The number of hydrogen-bond donors (Lipinski definition) is 0. The van der Waals surface area contributed by atoms with E-state index in [1.54, 1.807) is 0 Å². The van der Waals surface area contributed by atoms with E-state index >= 15 is 0 Å². The van der Waals surface area contributed by atoms with Gasteiger partial charge in [-0.25, -0.2) is 0 Å². The average Bonchev–Trinajstić information content (AvgIpc) is 2.81. The molecule has 0 radical (unpaired) electrons. The normalized spacial score (nSPS) is 51.1. The van der Waals surface area contributed by atoms with E-state index in [0.29, 0.717) is 5.92 Å². The van der Waals surface area contributed by atoms with Gasteiger partial charge in [-0.2, -0.15) is 0 Å². The number of methoxy groups -OCH3 is 1. The standard InChI is InChI=1S/C15H20O5/c1-14(2)19-12-7-4-5-9-8(6-7)11(16)10(13(17)18-3)15(9,12)20-14/h7-10,12H,4-6H2,1-3H3. The third-order valence-electron chi connectivity index (χ3n) is 5.71. The van der Waals surface area contributed by atoms with Gasteiger partial charge in [0.1, 0.15) is 11.5 Å². The SMILES string of the molecule is COC(=O)C1C(=O)C2CC3CCC2C12OC(C)(C)OC32. The average molecular weight is 280 g/mol. The van der Waals surface area contributed by atoms with Crippen LogP contribution in [0.3, 0.4) is 0 Å². The van der Waals surface area contributed by atoms with Gasteiger partial charge in [0.05, 0.1) is 13.2 Å². The van der Waals surface area contributed by atoms with E-state index in [4.69, 9.17) is 14.2 Å². The molecule has 1 heterocycles. The number of ketones is 1. The number of carbonyl (C=O) groups is 2. The van der Waals surface area contributed by atoms with Crippen LogP contribution < -0.4 is 0 Å². The molecule has 1 aliphatic heterocycles. The number of esters is 1. The summed E-state index contributed by atoms with van der Waals surface area (Å²) >= 11 is 0.